The van der Waals surface area contributed by atoms with Crippen LogP contribution in [-0.4, -0.2) is 9.78 Å². The molecule has 3 aromatic rings. The smallest absolute Gasteiger partial charge is 0.288 e. The zero-order valence-corrected chi connectivity index (χ0v) is 13.6. The first kappa shape index (κ1) is 17.2. The van der Waals surface area contributed by atoms with Crippen molar-refractivity contribution < 1.29 is 13.2 Å². The van der Waals surface area contributed by atoms with Crippen LogP contribution in [0.1, 0.15) is 11.1 Å². The number of hydrogen-bond acceptors (Lipinski definition) is 2. The largest absolute Gasteiger partial charge is 0.417 e. The fraction of sp³-hybridized carbons (Fsp3) is 0.111. The van der Waals surface area contributed by atoms with E-state index in [-0.39, 0.29) is 11.3 Å². The number of halogens is 4. The summed E-state index contributed by atoms with van der Waals surface area (Å²) in [7, 11) is 0. The number of hydrogen-bond donors (Lipinski definition) is 0. The van der Waals surface area contributed by atoms with Gasteiger partial charge in [-0.15, -0.1) is 0 Å². The van der Waals surface area contributed by atoms with E-state index in [0.29, 0.717) is 6.54 Å². The van der Waals surface area contributed by atoms with Crippen LogP contribution < -0.4 is 5.43 Å². The molecule has 25 heavy (non-hydrogen) atoms. The van der Waals surface area contributed by atoms with E-state index in [4.69, 9.17) is 11.6 Å². The number of aromatic nitrogens is 2. The highest BCUT2D eigenvalue weighted by atomic mass is 35.5. The van der Waals surface area contributed by atoms with E-state index < -0.39 is 22.2 Å². The van der Waals surface area contributed by atoms with Crippen molar-refractivity contribution in [1.82, 2.24) is 9.78 Å². The first-order valence-electron chi connectivity index (χ1n) is 7.33. The van der Waals surface area contributed by atoms with E-state index in [1.165, 1.54) is 22.9 Å². The second-order valence-corrected chi connectivity index (χ2v) is 5.76. The molecule has 0 amide bonds. The van der Waals surface area contributed by atoms with Crippen molar-refractivity contribution >= 4 is 11.6 Å². The summed E-state index contributed by atoms with van der Waals surface area (Å²) in [5.41, 5.74) is -0.130. The van der Waals surface area contributed by atoms with Crippen LogP contribution in [0.4, 0.5) is 13.2 Å². The molecule has 0 saturated carbocycles. The third-order valence-electron chi connectivity index (χ3n) is 3.64. The molecule has 0 aliphatic rings. The van der Waals surface area contributed by atoms with Crippen molar-refractivity contribution in [2.24, 2.45) is 0 Å². The molecule has 3 nitrogen and oxygen atoms in total. The van der Waals surface area contributed by atoms with Crippen molar-refractivity contribution in [2.75, 3.05) is 0 Å². The average Bonchev–Trinajstić information content (AvgIpc) is 2.57. The van der Waals surface area contributed by atoms with Crippen LogP contribution in [0.2, 0.25) is 5.02 Å². The normalized spacial score (nSPS) is 11.5. The molecular weight excluding hydrogens is 353 g/mol. The summed E-state index contributed by atoms with van der Waals surface area (Å²) in [5, 5.41) is 3.59. The Morgan fingerprint density at radius 3 is 2.44 bits per heavy atom. The molecule has 7 heteroatoms. The van der Waals surface area contributed by atoms with Gasteiger partial charge in [0.1, 0.15) is 0 Å². The minimum atomic E-state index is -4.58. The summed E-state index contributed by atoms with van der Waals surface area (Å²) in [6, 6.07) is 14.1. The maximum Gasteiger partial charge on any atom is 0.417 e. The Morgan fingerprint density at radius 1 is 1.04 bits per heavy atom. The van der Waals surface area contributed by atoms with E-state index in [0.717, 1.165) is 17.8 Å². The van der Waals surface area contributed by atoms with Crippen LogP contribution in [0.25, 0.3) is 11.3 Å². The third kappa shape index (κ3) is 3.74. The van der Waals surface area contributed by atoms with Gasteiger partial charge in [0, 0.05) is 11.6 Å². The predicted molar refractivity (Wildman–Crippen MR) is 89.5 cm³/mol. The van der Waals surface area contributed by atoms with E-state index in [2.05, 4.69) is 5.10 Å². The Balaban J connectivity index is 2.15. The summed E-state index contributed by atoms with van der Waals surface area (Å²) < 4.78 is 40.8. The minimum Gasteiger partial charge on any atom is -0.288 e. The van der Waals surface area contributed by atoms with Crippen molar-refractivity contribution in [3.05, 3.63) is 87.2 Å². The molecule has 2 aromatic carbocycles. The molecule has 0 saturated heterocycles. The van der Waals surface area contributed by atoms with Gasteiger partial charge in [0.05, 0.1) is 29.0 Å². The Hall–Kier alpha value is -2.60. The Kier molecular flexibility index (Phi) is 4.63. The third-order valence-corrected chi connectivity index (χ3v) is 4.04. The molecule has 0 fully saturated rings. The van der Waals surface area contributed by atoms with Crippen molar-refractivity contribution in [3.8, 4) is 11.3 Å². The van der Waals surface area contributed by atoms with Gasteiger partial charge in [-0.3, -0.25) is 9.48 Å². The molecule has 0 aliphatic carbocycles. The van der Waals surface area contributed by atoms with Crippen LogP contribution in [0.3, 0.4) is 0 Å². The number of benzene rings is 2. The van der Waals surface area contributed by atoms with Gasteiger partial charge in [-0.05, 0) is 11.6 Å². The molecule has 0 aliphatic heterocycles. The van der Waals surface area contributed by atoms with Gasteiger partial charge in [0.25, 0.3) is 0 Å². The van der Waals surface area contributed by atoms with Crippen molar-refractivity contribution in [2.45, 2.75) is 12.7 Å². The fourth-order valence-corrected chi connectivity index (χ4v) is 2.81. The highest BCUT2D eigenvalue weighted by Gasteiger charge is 2.34. The molecule has 1 aromatic heterocycles. The molecule has 3 rings (SSSR count). The Labute approximate surface area is 146 Å². The quantitative estimate of drug-likeness (QED) is 0.679. The minimum absolute atomic E-state index is 0.109. The van der Waals surface area contributed by atoms with Crippen LogP contribution in [0.5, 0.6) is 0 Å². The van der Waals surface area contributed by atoms with E-state index in [1.807, 2.05) is 30.3 Å². The van der Waals surface area contributed by atoms with Gasteiger partial charge in [0.2, 0.25) is 5.43 Å². The summed E-state index contributed by atoms with van der Waals surface area (Å²) in [5.74, 6) is 0. The Bertz CT molecular complexity index is 953. The second kappa shape index (κ2) is 6.72. The van der Waals surface area contributed by atoms with E-state index in [1.54, 1.807) is 0 Å². The van der Waals surface area contributed by atoms with Gasteiger partial charge >= 0.3 is 6.18 Å². The second-order valence-electron chi connectivity index (χ2n) is 5.38. The predicted octanol–water partition coefficient (Wildman–Crippen LogP) is 4.63. The first-order chi connectivity index (χ1) is 11.9. The van der Waals surface area contributed by atoms with Crippen LogP contribution in [-0.2, 0) is 12.7 Å². The van der Waals surface area contributed by atoms with Crippen LogP contribution >= 0.6 is 11.6 Å². The lowest BCUT2D eigenvalue weighted by Gasteiger charge is -2.16. The summed E-state index contributed by atoms with van der Waals surface area (Å²) >= 11 is 5.99. The molecule has 128 valence electrons. The van der Waals surface area contributed by atoms with Crippen LogP contribution in [0.15, 0.2) is 65.6 Å². The standard InChI is InChI=1S/C18H12ClF3N2O/c19-17-14(7-4-8-15(17)18(20,21)22)16-9-13(25)10-23-24(16)11-12-5-2-1-3-6-12/h1-10H,11H2. The fourth-order valence-electron chi connectivity index (χ4n) is 2.48. The molecule has 0 radical (unpaired) electrons. The summed E-state index contributed by atoms with van der Waals surface area (Å²) in [6.07, 6.45) is -3.46. The van der Waals surface area contributed by atoms with Crippen molar-refractivity contribution in [3.63, 3.8) is 0 Å². The lowest BCUT2D eigenvalue weighted by molar-refractivity contribution is -0.137. The number of alkyl halides is 3. The molecule has 1 heterocycles. The summed E-state index contributed by atoms with van der Waals surface area (Å²) in [4.78, 5) is 11.7. The van der Waals surface area contributed by atoms with Gasteiger partial charge in [-0.1, -0.05) is 54.1 Å². The topological polar surface area (TPSA) is 34.9 Å². The maximum absolute atomic E-state index is 13.1. The van der Waals surface area contributed by atoms with Gasteiger partial charge in [-0.2, -0.15) is 18.3 Å². The maximum atomic E-state index is 13.1. The van der Waals surface area contributed by atoms with Crippen LogP contribution in [0, 0.1) is 0 Å². The molecule has 0 N–H and O–H groups in total. The molecule has 0 atom stereocenters. The van der Waals surface area contributed by atoms with E-state index >= 15 is 0 Å². The Morgan fingerprint density at radius 2 is 1.76 bits per heavy atom. The molecule has 0 unspecified atom stereocenters. The van der Waals surface area contributed by atoms with Gasteiger partial charge < -0.3 is 0 Å². The molecule has 0 spiro atoms. The van der Waals surface area contributed by atoms with Gasteiger partial charge in [0.15, 0.2) is 0 Å². The zero-order chi connectivity index (χ0) is 18.0. The number of rotatable bonds is 3. The van der Waals surface area contributed by atoms with Crippen molar-refractivity contribution in [1.29, 1.82) is 0 Å². The highest BCUT2D eigenvalue weighted by Crippen LogP contribution is 2.39. The van der Waals surface area contributed by atoms with Gasteiger partial charge in [-0.25, -0.2) is 0 Å². The highest BCUT2D eigenvalue weighted by molar-refractivity contribution is 6.34. The average molecular weight is 365 g/mol. The lowest BCUT2D eigenvalue weighted by Crippen LogP contribution is -2.14. The van der Waals surface area contributed by atoms with E-state index in [9.17, 15) is 18.0 Å². The summed E-state index contributed by atoms with van der Waals surface area (Å²) in [6.45, 7) is 0.295. The number of nitrogens with zero attached hydrogens (tertiary/aromatic N) is 2. The monoisotopic (exact) mass is 364 g/mol. The molecule has 0 bridgehead atoms. The molecular formula is C18H12ClF3N2O. The lowest BCUT2D eigenvalue weighted by atomic mass is 10.1. The zero-order valence-electron chi connectivity index (χ0n) is 12.8. The SMILES string of the molecule is O=c1cnn(Cc2ccccc2)c(-c2cccc(C(F)(F)F)c2Cl)c1. The first-order valence-corrected chi connectivity index (χ1v) is 7.71.